The molecule has 2 heterocycles. The Kier molecular flexibility index (Phi) is 4.34. The summed E-state index contributed by atoms with van der Waals surface area (Å²) in [6.07, 6.45) is 0.857. The highest BCUT2D eigenvalue weighted by atomic mass is 32.1. The molecule has 0 saturated heterocycles. The maximum atomic E-state index is 10.9. The van der Waals surface area contributed by atoms with Crippen molar-refractivity contribution in [2.24, 2.45) is 0 Å². The highest BCUT2D eigenvalue weighted by Crippen LogP contribution is 2.14. The smallest absolute Gasteiger partial charge is 0.339 e. The Hall–Kier alpha value is -1.66. The summed E-state index contributed by atoms with van der Waals surface area (Å²) < 4.78 is 5.38. The predicted octanol–water partition coefficient (Wildman–Crippen LogP) is 2.38. The Labute approximate surface area is 115 Å². The van der Waals surface area contributed by atoms with E-state index in [2.05, 4.69) is 15.7 Å². The van der Waals surface area contributed by atoms with Crippen LogP contribution in [0, 0.1) is 13.8 Å². The van der Waals surface area contributed by atoms with Gasteiger partial charge in [-0.15, -0.1) is 11.3 Å². The third-order valence-electron chi connectivity index (χ3n) is 2.72. The van der Waals surface area contributed by atoms with Crippen molar-refractivity contribution >= 4 is 17.3 Å². The number of nitrogens with zero attached hydrogens (tertiary/aromatic N) is 1. The fourth-order valence-electron chi connectivity index (χ4n) is 1.79. The molecule has 0 aliphatic carbocycles. The zero-order valence-electron chi connectivity index (χ0n) is 10.9. The van der Waals surface area contributed by atoms with Crippen LogP contribution in [-0.4, -0.2) is 22.6 Å². The van der Waals surface area contributed by atoms with Crippen molar-refractivity contribution in [3.8, 4) is 0 Å². The number of carboxylic acids is 1. The van der Waals surface area contributed by atoms with Gasteiger partial charge in [0.05, 0.1) is 17.2 Å². The molecule has 0 unspecified atom stereocenters. The third-order valence-corrected chi connectivity index (χ3v) is 3.55. The van der Waals surface area contributed by atoms with Gasteiger partial charge in [-0.1, -0.05) is 0 Å². The average Bonchev–Trinajstić information content (AvgIpc) is 2.91. The minimum atomic E-state index is -0.953. The quantitative estimate of drug-likeness (QED) is 0.795. The fraction of sp³-hybridized carbons (Fsp3) is 0.385. The Morgan fingerprint density at radius 1 is 1.53 bits per heavy atom. The van der Waals surface area contributed by atoms with Gasteiger partial charge in [0.15, 0.2) is 0 Å². The van der Waals surface area contributed by atoms with Gasteiger partial charge in [0, 0.05) is 18.3 Å². The van der Waals surface area contributed by atoms with Crippen molar-refractivity contribution < 1.29 is 14.3 Å². The molecule has 2 N–H and O–H groups in total. The first-order valence-electron chi connectivity index (χ1n) is 6.00. The second-order valence-electron chi connectivity index (χ2n) is 4.27. The number of carbonyl (C=O) groups is 1. The first-order chi connectivity index (χ1) is 9.06. The molecule has 0 bridgehead atoms. The molecule has 0 atom stereocenters. The van der Waals surface area contributed by atoms with Crippen molar-refractivity contribution in [1.82, 2.24) is 10.3 Å². The highest BCUT2D eigenvalue weighted by Gasteiger charge is 2.13. The van der Waals surface area contributed by atoms with Gasteiger partial charge in [0.2, 0.25) is 0 Å². The third kappa shape index (κ3) is 3.65. The molecular weight excluding hydrogens is 264 g/mol. The topological polar surface area (TPSA) is 75.4 Å². The van der Waals surface area contributed by atoms with Crippen LogP contribution in [0.2, 0.25) is 0 Å². The van der Waals surface area contributed by atoms with E-state index in [-0.39, 0.29) is 5.56 Å². The van der Waals surface area contributed by atoms with Crippen LogP contribution >= 0.6 is 11.3 Å². The minimum Gasteiger partial charge on any atom is -0.478 e. The molecule has 0 spiro atoms. The first kappa shape index (κ1) is 13.8. The van der Waals surface area contributed by atoms with Crippen LogP contribution in [0.3, 0.4) is 0 Å². The van der Waals surface area contributed by atoms with E-state index in [9.17, 15) is 4.79 Å². The van der Waals surface area contributed by atoms with E-state index in [4.69, 9.17) is 9.52 Å². The predicted molar refractivity (Wildman–Crippen MR) is 72.7 cm³/mol. The molecular formula is C13H16N2O3S. The van der Waals surface area contributed by atoms with Gasteiger partial charge >= 0.3 is 5.97 Å². The van der Waals surface area contributed by atoms with Crippen LogP contribution in [0.4, 0.5) is 0 Å². The number of nitrogens with one attached hydrogen (secondary N) is 1. The molecule has 0 fully saturated rings. The largest absolute Gasteiger partial charge is 0.478 e. The van der Waals surface area contributed by atoms with E-state index in [1.807, 2.05) is 6.92 Å². The summed E-state index contributed by atoms with van der Waals surface area (Å²) in [5.74, 6) is 0.134. The van der Waals surface area contributed by atoms with Crippen LogP contribution < -0.4 is 5.32 Å². The van der Waals surface area contributed by atoms with Gasteiger partial charge in [-0.05, 0) is 19.9 Å². The second kappa shape index (κ2) is 5.99. The number of furan rings is 1. The number of carboxylic acid groups (broad SMARTS) is 1. The van der Waals surface area contributed by atoms with E-state index in [1.165, 1.54) is 0 Å². The van der Waals surface area contributed by atoms with Crippen LogP contribution in [0.15, 0.2) is 15.9 Å². The average molecular weight is 280 g/mol. The van der Waals surface area contributed by atoms with Gasteiger partial charge in [-0.25, -0.2) is 9.78 Å². The van der Waals surface area contributed by atoms with Crippen LogP contribution in [0.25, 0.3) is 0 Å². The number of rotatable bonds is 6. The van der Waals surface area contributed by atoms with Gasteiger partial charge in [0.1, 0.15) is 17.1 Å². The summed E-state index contributed by atoms with van der Waals surface area (Å²) >= 11 is 1.64. The first-order valence-corrected chi connectivity index (χ1v) is 6.88. The maximum Gasteiger partial charge on any atom is 0.339 e. The van der Waals surface area contributed by atoms with Crippen molar-refractivity contribution in [3.63, 3.8) is 0 Å². The second-order valence-corrected chi connectivity index (χ2v) is 5.33. The molecule has 0 amide bonds. The summed E-state index contributed by atoms with van der Waals surface area (Å²) in [5, 5.41) is 15.3. The van der Waals surface area contributed by atoms with Crippen LogP contribution in [0.1, 0.15) is 32.6 Å². The molecule has 6 heteroatoms. The zero-order chi connectivity index (χ0) is 13.8. The molecule has 5 nitrogen and oxygen atoms in total. The summed E-state index contributed by atoms with van der Waals surface area (Å²) in [5.41, 5.74) is 1.31. The zero-order valence-corrected chi connectivity index (χ0v) is 11.7. The lowest BCUT2D eigenvalue weighted by Gasteiger charge is -2.00. The van der Waals surface area contributed by atoms with Gasteiger partial charge in [0.25, 0.3) is 0 Å². The molecule has 19 heavy (non-hydrogen) atoms. The van der Waals surface area contributed by atoms with Gasteiger partial charge in [-0.3, -0.25) is 0 Å². The molecule has 0 saturated carbocycles. The molecule has 102 valence electrons. The highest BCUT2D eigenvalue weighted by molar-refractivity contribution is 7.09. The number of hydrogen-bond donors (Lipinski definition) is 2. The lowest BCUT2D eigenvalue weighted by atomic mass is 10.2. The van der Waals surface area contributed by atoms with E-state index in [0.29, 0.717) is 18.1 Å². The number of aromatic nitrogens is 1. The SMILES string of the molecule is Cc1nc(CCNCc2cc(C(=O)O)c(C)o2)cs1. The van der Waals surface area contributed by atoms with Crippen molar-refractivity contribution in [2.45, 2.75) is 26.8 Å². The Balaban J connectivity index is 1.79. The number of aromatic carboxylic acids is 1. The standard InChI is InChI=1S/C13H16N2O3S/c1-8-12(13(16)17)5-11(18-8)6-14-4-3-10-7-19-9(2)15-10/h5,7,14H,3-4,6H2,1-2H3,(H,16,17). The molecule has 0 radical (unpaired) electrons. The number of thiazole rings is 1. The van der Waals surface area contributed by atoms with E-state index >= 15 is 0 Å². The van der Waals surface area contributed by atoms with Crippen molar-refractivity contribution in [2.75, 3.05) is 6.54 Å². The molecule has 2 rings (SSSR count). The van der Waals surface area contributed by atoms with E-state index in [0.717, 1.165) is 23.7 Å². The van der Waals surface area contributed by atoms with Crippen molar-refractivity contribution in [1.29, 1.82) is 0 Å². The Morgan fingerprint density at radius 3 is 2.89 bits per heavy atom. The summed E-state index contributed by atoms with van der Waals surface area (Å²) in [4.78, 5) is 15.2. The lowest BCUT2D eigenvalue weighted by Crippen LogP contribution is -2.16. The fourth-order valence-corrected chi connectivity index (χ4v) is 2.44. The minimum absolute atomic E-state index is 0.229. The molecule has 2 aromatic heterocycles. The van der Waals surface area contributed by atoms with Crippen molar-refractivity contribution in [3.05, 3.63) is 39.2 Å². The van der Waals surface area contributed by atoms with Gasteiger partial charge in [-0.2, -0.15) is 0 Å². The molecule has 0 aromatic carbocycles. The van der Waals surface area contributed by atoms with Crippen LogP contribution in [0.5, 0.6) is 0 Å². The van der Waals surface area contributed by atoms with Gasteiger partial charge < -0.3 is 14.8 Å². The summed E-state index contributed by atoms with van der Waals surface area (Å²) in [7, 11) is 0. The van der Waals surface area contributed by atoms with E-state index < -0.39 is 5.97 Å². The maximum absolute atomic E-state index is 10.9. The monoisotopic (exact) mass is 280 g/mol. The Morgan fingerprint density at radius 2 is 2.32 bits per heavy atom. The Bertz CT molecular complexity index is 574. The number of aryl methyl sites for hydroxylation is 2. The van der Waals surface area contributed by atoms with E-state index in [1.54, 1.807) is 24.3 Å². The number of hydrogen-bond acceptors (Lipinski definition) is 5. The van der Waals surface area contributed by atoms with Crippen LogP contribution in [-0.2, 0) is 13.0 Å². The lowest BCUT2D eigenvalue weighted by molar-refractivity contribution is 0.0695. The molecule has 0 aliphatic heterocycles. The summed E-state index contributed by atoms with van der Waals surface area (Å²) in [6.45, 7) is 4.95. The normalized spacial score (nSPS) is 10.8. The summed E-state index contributed by atoms with van der Waals surface area (Å²) in [6, 6.07) is 1.57. The molecule has 2 aromatic rings. The molecule has 0 aliphatic rings.